The smallest absolute Gasteiger partial charge is 0.388 e. The van der Waals surface area contributed by atoms with Gasteiger partial charge in [0.2, 0.25) is 5.60 Å². The molecular formula is C11H14F2O8. The predicted molar refractivity (Wildman–Crippen MR) is 60.0 cm³/mol. The molecule has 0 radical (unpaired) electrons. The van der Waals surface area contributed by atoms with Crippen LogP contribution in [0.1, 0.15) is 20.8 Å². The lowest BCUT2D eigenvalue weighted by Gasteiger charge is -2.36. The van der Waals surface area contributed by atoms with Gasteiger partial charge in [0.15, 0.2) is 11.6 Å². The molecule has 0 fully saturated rings. The first kappa shape index (κ1) is 19.2. The van der Waals surface area contributed by atoms with Crippen molar-refractivity contribution in [3.8, 4) is 0 Å². The molecule has 0 aliphatic carbocycles. The van der Waals surface area contributed by atoms with Crippen LogP contribution in [0.25, 0.3) is 0 Å². The standard InChI is InChI=1S/C11H14F2O8/c1-4(14)7(17)8(18)10(20,5(2)15)11(12,13)9(19)21-6(3)16/h7-8,17-18,20H,1-3H3/t7?,8-,10-/m1/s1. The van der Waals surface area contributed by atoms with Gasteiger partial charge in [0.05, 0.1) is 0 Å². The number of aliphatic hydroxyl groups is 3. The van der Waals surface area contributed by atoms with E-state index >= 15 is 0 Å². The summed E-state index contributed by atoms with van der Waals surface area (Å²) in [6.45, 7) is 1.70. The van der Waals surface area contributed by atoms with E-state index in [9.17, 15) is 43.3 Å². The molecule has 0 aliphatic rings. The Morgan fingerprint density at radius 2 is 1.48 bits per heavy atom. The summed E-state index contributed by atoms with van der Waals surface area (Å²) >= 11 is 0. The van der Waals surface area contributed by atoms with Gasteiger partial charge < -0.3 is 20.1 Å². The number of esters is 2. The fraction of sp³-hybridized carbons (Fsp3) is 0.636. The van der Waals surface area contributed by atoms with E-state index in [1.807, 2.05) is 0 Å². The first-order valence-electron chi connectivity index (χ1n) is 5.50. The summed E-state index contributed by atoms with van der Waals surface area (Å²) in [7, 11) is 0. The zero-order valence-corrected chi connectivity index (χ0v) is 11.3. The zero-order valence-electron chi connectivity index (χ0n) is 11.3. The largest absolute Gasteiger partial charge is 0.389 e. The van der Waals surface area contributed by atoms with Crippen LogP contribution >= 0.6 is 0 Å². The van der Waals surface area contributed by atoms with Crippen molar-refractivity contribution in [1.29, 1.82) is 0 Å². The van der Waals surface area contributed by atoms with Gasteiger partial charge in [-0.1, -0.05) is 0 Å². The molecular weight excluding hydrogens is 298 g/mol. The maximum absolute atomic E-state index is 13.9. The molecule has 0 spiro atoms. The van der Waals surface area contributed by atoms with E-state index in [0.29, 0.717) is 20.8 Å². The fourth-order valence-electron chi connectivity index (χ4n) is 1.42. The highest BCUT2D eigenvalue weighted by Gasteiger charge is 2.68. The minimum Gasteiger partial charge on any atom is -0.389 e. The van der Waals surface area contributed by atoms with Gasteiger partial charge in [-0.15, -0.1) is 0 Å². The molecule has 0 saturated carbocycles. The summed E-state index contributed by atoms with van der Waals surface area (Å²) in [5.41, 5.74) is -4.15. The van der Waals surface area contributed by atoms with Crippen molar-refractivity contribution in [2.24, 2.45) is 0 Å². The Bertz CT molecular complexity index is 475. The number of rotatable bonds is 6. The molecule has 120 valence electrons. The fourth-order valence-corrected chi connectivity index (χ4v) is 1.42. The number of hydrogen-bond acceptors (Lipinski definition) is 8. The third kappa shape index (κ3) is 3.46. The van der Waals surface area contributed by atoms with Crippen LogP contribution in [0, 0.1) is 0 Å². The SMILES string of the molecule is CC(=O)OC(=O)C(F)(F)[C@@](O)(C(C)=O)[C@H](O)C(O)C(C)=O. The van der Waals surface area contributed by atoms with Crippen molar-refractivity contribution in [3.63, 3.8) is 0 Å². The Labute approximate surface area is 117 Å². The Hall–Kier alpha value is -1.78. The number of ether oxygens (including phenoxy) is 1. The number of aliphatic hydroxyl groups excluding tert-OH is 2. The maximum atomic E-state index is 13.9. The number of carbonyl (C=O) groups excluding carboxylic acids is 4. The van der Waals surface area contributed by atoms with E-state index in [1.165, 1.54) is 0 Å². The van der Waals surface area contributed by atoms with Gasteiger partial charge in [-0.05, 0) is 13.8 Å². The van der Waals surface area contributed by atoms with Gasteiger partial charge in [0, 0.05) is 6.92 Å². The lowest BCUT2D eigenvalue weighted by Crippen LogP contribution is -2.68. The topological polar surface area (TPSA) is 138 Å². The summed E-state index contributed by atoms with van der Waals surface area (Å²) in [6, 6.07) is 0. The first-order chi connectivity index (χ1) is 9.30. The minimum atomic E-state index is -5.08. The summed E-state index contributed by atoms with van der Waals surface area (Å²) in [5, 5.41) is 28.4. The number of hydrogen-bond donors (Lipinski definition) is 3. The number of halogens is 2. The molecule has 0 amide bonds. The maximum Gasteiger partial charge on any atom is 0.388 e. The van der Waals surface area contributed by atoms with E-state index in [1.54, 1.807) is 0 Å². The normalized spacial score (nSPS) is 17.3. The van der Waals surface area contributed by atoms with Gasteiger partial charge in [0.1, 0.15) is 12.2 Å². The molecule has 21 heavy (non-hydrogen) atoms. The van der Waals surface area contributed by atoms with Gasteiger partial charge in [-0.2, -0.15) is 8.78 Å². The summed E-state index contributed by atoms with van der Waals surface area (Å²) < 4.78 is 31.3. The van der Waals surface area contributed by atoms with Crippen molar-refractivity contribution >= 4 is 23.5 Å². The lowest BCUT2D eigenvalue weighted by atomic mass is 9.82. The molecule has 0 saturated heterocycles. The molecule has 10 heteroatoms. The Morgan fingerprint density at radius 3 is 1.76 bits per heavy atom. The molecule has 0 aliphatic heterocycles. The third-order valence-corrected chi connectivity index (χ3v) is 2.65. The van der Waals surface area contributed by atoms with Crippen LogP contribution in [0.2, 0.25) is 0 Å². The second kappa shape index (κ2) is 6.33. The summed E-state index contributed by atoms with van der Waals surface area (Å²) in [5.74, 6) is -12.2. The third-order valence-electron chi connectivity index (χ3n) is 2.65. The number of ketones is 2. The first-order valence-corrected chi connectivity index (χ1v) is 5.50. The van der Waals surface area contributed by atoms with Crippen molar-refractivity contribution < 1.29 is 48.0 Å². The predicted octanol–water partition coefficient (Wildman–Crippen LogP) is -1.66. The molecule has 0 heterocycles. The van der Waals surface area contributed by atoms with Gasteiger partial charge >= 0.3 is 17.9 Å². The van der Waals surface area contributed by atoms with Crippen molar-refractivity contribution in [3.05, 3.63) is 0 Å². The molecule has 0 rings (SSSR count). The number of carbonyl (C=O) groups is 4. The number of alkyl halides is 2. The monoisotopic (exact) mass is 312 g/mol. The van der Waals surface area contributed by atoms with Gasteiger partial charge in [0.25, 0.3) is 0 Å². The van der Waals surface area contributed by atoms with Crippen molar-refractivity contribution in [1.82, 2.24) is 0 Å². The molecule has 3 N–H and O–H groups in total. The van der Waals surface area contributed by atoms with E-state index in [2.05, 4.69) is 4.74 Å². The molecule has 0 aromatic carbocycles. The quantitative estimate of drug-likeness (QED) is 0.391. The Morgan fingerprint density at radius 1 is 1.05 bits per heavy atom. The van der Waals surface area contributed by atoms with Crippen LogP contribution < -0.4 is 0 Å². The van der Waals surface area contributed by atoms with Gasteiger partial charge in [-0.25, -0.2) is 4.79 Å². The number of Topliss-reactive ketones (excluding diaryl/α,β-unsaturated/α-hetero) is 2. The Balaban J connectivity index is 5.86. The van der Waals surface area contributed by atoms with Crippen molar-refractivity contribution in [2.45, 2.75) is 44.5 Å². The molecule has 0 aromatic rings. The van der Waals surface area contributed by atoms with Crippen LogP contribution in [-0.4, -0.2) is 62.6 Å². The van der Waals surface area contributed by atoms with Crippen molar-refractivity contribution in [2.75, 3.05) is 0 Å². The molecule has 0 aromatic heterocycles. The summed E-state index contributed by atoms with van der Waals surface area (Å²) in [4.78, 5) is 43.8. The zero-order chi connectivity index (χ0) is 17.2. The van der Waals surface area contributed by atoms with E-state index in [-0.39, 0.29) is 0 Å². The molecule has 3 atom stereocenters. The lowest BCUT2D eigenvalue weighted by molar-refractivity contribution is -0.240. The van der Waals surface area contributed by atoms with E-state index < -0.39 is 47.2 Å². The van der Waals surface area contributed by atoms with Crippen LogP contribution in [0.3, 0.4) is 0 Å². The average Bonchev–Trinajstić information content (AvgIpc) is 2.34. The second-order valence-corrected chi connectivity index (χ2v) is 4.28. The molecule has 8 nitrogen and oxygen atoms in total. The highest BCUT2D eigenvalue weighted by Crippen LogP contribution is 2.35. The van der Waals surface area contributed by atoms with Crippen LogP contribution in [0.15, 0.2) is 0 Å². The van der Waals surface area contributed by atoms with Crippen LogP contribution in [0.4, 0.5) is 8.78 Å². The average molecular weight is 312 g/mol. The second-order valence-electron chi connectivity index (χ2n) is 4.28. The van der Waals surface area contributed by atoms with E-state index in [0.717, 1.165) is 0 Å². The minimum absolute atomic E-state index is 0.394. The molecule has 1 unspecified atom stereocenters. The van der Waals surface area contributed by atoms with Gasteiger partial charge in [-0.3, -0.25) is 14.4 Å². The highest BCUT2D eigenvalue weighted by molar-refractivity contribution is 5.98. The molecule has 0 bridgehead atoms. The van der Waals surface area contributed by atoms with Crippen LogP contribution in [-0.2, 0) is 23.9 Å². The van der Waals surface area contributed by atoms with Crippen LogP contribution in [0.5, 0.6) is 0 Å². The Kier molecular flexibility index (Phi) is 5.79. The van der Waals surface area contributed by atoms with E-state index in [4.69, 9.17) is 0 Å². The highest BCUT2D eigenvalue weighted by atomic mass is 19.3. The summed E-state index contributed by atoms with van der Waals surface area (Å²) in [6.07, 6.45) is -5.57.